The highest BCUT2D eigenvalue weighted by molar-refractivity contribution is 7.99. The van der Waals surface area contributed by atoms with Gasteiger partial charge in [0, 0.05) is 27.1 Å². The first-order valence-corrected chi connectivity index (χ1v) is 6.79. The van der Waals surface area contributed by atoms with Crippen LogP contribution >= 0.6 is 35.0 Å². The van der Waals surface area contributed by atoms with Crippen molar-refractivity contribution in [3.63, 3.8) is 0 Å². The van der Waals surface area contributed by atoms with Gasteiger partial charge in [0.25, 0.3) is 0 Å². The Kier molecular flexibility index (Phi) is 3.51. The van der Waals surface area contributed by atoms with Gasteiger partial charge in [0.15, 0.2) is 0 Å². The maximum Gasteiger partial charge on any atom is 0.0458 e. The zero-order valence-electron chi connectivity index (χ0n) is 8.47. The van der Waals surface area contributed by atoms with Crippen molar-refractivity contribution < 1.29 is 0 Å². The van der Waals surface area contributed by atoms with E-state index >= 15 is 0 Å². The Bertz CT molecular complexity index is 381. The van der Waals surface area contributed by atoms with Gasteiger partial charge in [-0.25, -0.2) is 0 Å². The minimum atomic E-state index is 0.00921. The summed E-state index contributed by atoms with van der Waals surface area (Å²) in [6.45, 7) is 2.15. The van der Waals surface area contributed by atoms with Gasteiger partial charge < -0.3 is 5.73 Å². The lowest BCUT2D eigenvalue weighted by molar-refractivity contribution is 0.643. The van der Waals surface area contributed by atoms with Crippen LogP contribution in [0, 0.1) is 0 Å². The summed E-state index contributed by atoms with van der Waals surface area (Å²) < 4.78 is 0. The van der Waals surface area contributed by atoms with Crippen LogP contribution < -0.4 is 5.73 Å². The van der Waals surface area contributed by atoms with Gasteiger partial charge in [-0.3, -0.25) is 0 Å². The highest BCUT2D eigenvalue weighted by Crippen LogP contribution is 2.43. The standard InChI is InChI=1S/C11H13Cl2NS/c1-2-9-11(14)10-6(5-15-9)7(12)3-4-8(10)13/h3-4,9,11H,2,5,14H2,1H3. The summed E-state index contributed by atoms with van der Waals surface area (Å²) in [6, 6.07) is 3.70. The average Bonchev–Trinajstić information content (AvgIpc) is 2.23. The molecule has 0 spiro atoms. The van der Waals surface area contributed by atoms with Crippen LogP contribution in [-0.2, 0) is 5.75 Å². The van der Waals surface area contributed by atoms with Crippen molar-refractivity contribution in [2.45, 2.75) is 30.4 Å². The van der Waals surface area contributed by atoms with E-state index in [1.807, 2.05) is 23.9 Å². The number of nitrogens with two attached hydrogens (primary N) is 1. The molecule has 1 aromatic carbocycles. The van der Waals surface area contributed by atoms with Crippen molar-refractivity contribution in [3.8, 4) is 0 Å². The summed E-state index contributed by atoms with van der Waals surface area (Å²) >= 11 is 14.2. The van der Waals surface area contributed by atoms with Gasteiger partial charge in [0.2, 0.25) is 0 Å². The first-order chi connectivity index (χ1) is 7.15. The summed E-state index contributed by atoms with van der Waals surface area (Å²) in [4.78, 5) is 0. The second-order valence-corrected chi connectivity index (χ2v) is 5.75. The van der Waals surface area contributed by atoms with Crippen molar-refractivity contribution in [2.75, 3.05) is 0 Å². The Morgan fingerprint density at radius 3 is 2.73 bits per heavy atom. The molecule has 0 radical (unpaired) electrons. The van der Waals surface area contributed by atoms with E-state index in [2.05, 4.69) is 6.92 Å². The van der Waals surface area contributed by atoms with Gasteiger partial charge in [-0.15, -0.1) is 0 Å². The Morgan fingerprint density at radius 1 is 1.40 bits per heavy atom. The van der Waals surface area contributed by atoms with Crippen LogP contribution in [0.1, 0.15) is 30.5 Å². The second kappa shape index (κ2) is 4.54. The maximum atomic E-state index is 6.21. The fourth-order valence-electron chi connectivity index (χ4n) is 1.97. The molecular weight excluding hydrogens is 249 g/mol. The Hall–Kier alpha value is 0.110. The third kappa shape index (κ3) is 2.01. The number of benzene rings is 1. The fourth-order valence-corrected chi connectivity index (χ4v) is 3.85. The third-order valence-corrected chi connectivity index (χ3v) is 5.02. The molecule has 0 aromatic heterocycles. The molecule has 0 aliphatic carbocycles. The molecule has 15 heavy (non-hydrogen) atoms. The quantitative estimate of drug-likeness (QED) is 0.827. The molecule has 0 fully saturated rings. The summed E-state index contributed by atoms with van der Waals surface area (Å²) in [5, 5.41) is 1.99. The Morgan fingerprint density at radius 2 is 2.07 bits per heavy atom. The largest absolute Gasteiger partial charge is 0.323 e. The molecule has 4 heteroatoms. The molecule has 0 saturated heterocycles. The number of hydrogen-bond donors (Lipinski definition) is 1. The van der Waals surface area contributed by atoms with Crippen molar-refractivity contribution in [1.82, 2.24) is 0 Å². The summed E-state index contributed by atoms with van der Waals surface area (Å²) in [6.07, 6.45) is 1.06. The molecule has 1 nitrogen and oxygen atoms in total. The van der Waals surface area contributed by atoms with Gasteiger partial charge >= 0.3 is 0 Å². The van der Waals surface area contributed by atoms with Crippen LogP contribution in [0.4, 0.5) is 0 Å². The summed E-state index contributed by atoms with van der Waals surface area (Å²) in [7, 11) is 0. The van der Waals surface area contributed by atoms with Crippen molar-refractivity contribution in [2.24, 2.45) is 5.73 Å². The molecule has 2 unspecified atom stereocenters. The first-order valence-electron chi connectivity index (χ1n) is 4.99. The number of halogens is 2. The molecule has 0 bridgehead atoms. The van der Waals surface area contributed by atoms with E-state index in [1.165, 1.54) is 0 Å². The van der Waals surface area contributed by atoms with Crippen molar-refractivity contribution in [3.05, 3.63) is 33.3 Å². The van der Waals surface area contributed by atoms with Crippen molar-refractivity contribution >= 4 is 35.0 Å². The molecule has 1 heterocycles. The number of thioether (sulfide) groups is 1. The SMILES string of the molecule is CCC1SCc2c(Cl)ccc(Cl)c2C1N. The highest BCUT2D eigenvalue weighted by atomic mass is 35.5. The van der Waals surface area contributed by atoms with E-state index in [0.717, 1.165) is 33.3 Å². The molecular formula is C11H13Cl2NS. The van der Waals surface area contributed by atoms with E-state index in [0.29, 0.717) is 5.25 Å². The smallest absolute Gasteiger partial charge is 0.0458 e. The molecule has 1 aromatic rings. The molecule has 0 saturated carbocycles. The zero-order chi connectivity index (χ0) is 11.0. The second-order valence-electron chi connectivity index (χ2n) is 3.70. The molecule has 2 N–H and O–H groups in total. The van der Waals surface area contributed by atoms with E-state index in [4.69, 9.17) is 28.9 Å². The summed E-state index contributed by atoms with van der Waals surface area (Å²) in [5.41, 5.74) is 8.37. The number of rotatable bonds is 1. The third-order valence-electron chi connectivity index (χ3n) is 2.82. The lowest BCUT2D eigenvalue weighted by Crippen LogP contribution is -2.28. The molecule has 1 aliphatic rings. The normalized spacial score (nSPS) is 25.1. The van der Waals surface area contributed by atoms with Crippen LogP contribution in [0.2, 0.25) is 10.0 Å². The molecule has 82 valence electrons. The predicted octanol–water partition coefficient (Wildman–Crippen LogP) is 4.02. The van der Waals surface area contributed by atoms with E-state index in [-0.39, 0.29) is 6.04 Å². The predicted molar refractivity (Wildman–Crippen MR) is 68.8 cm³/mol. The van der Waals surface area contributed by atoms with Crippen LogP contribution in [0.15, 0.2) is 12.1 Å². The Labute approximate surface area is 104 Å². The molecule has 2 atom stereocenters. The number of hydrogen-bond acceptors (Lipinski definition) is 2. The van der Waals surface area contributed by atoms with Gasteiger partial charge in [-0.05, 0) is 29.7 Å². The first kappa shape index (κ1) is 11.6. The Balaban J connectivity index is 2.50. The van der Waals surface area contributed by atoms with Crippen LogP contribution in [0.25, 0.3) is 0 Å². The lowest BCUT2D eigenvalue weighted by Gasteiger charge is -2.31. The van der Waals surface area contributed by atoms with E-state index in [9.17, 15) is 0 Å². The van der Waals surface area contributed by atoms with E-state index < -0.39 is 0 Å². The molecule has 0 amide bonds. The summed E-state index contributed by atoms with van der Waals surface area (Å²) in [5.74, 6) is 0.918. The van der Waals surface area contributed by atoms with Gasteiger partial charge in [0.1, 0.15) is 0 Å². The van der Waals surface area contributed by atoms with Gasteiger partial charge in [0.05, 0.1) is 0 Å². The highest BCUT2D eigenvalue weighted by Gasteiger charge is 2.29. The monoisotopic (exact) mass is 261 g/mol. The minimum absolute atomic E-state index is 0.00921. The molecule has 2 rings (SSSR count). The lowest BCUT2D eigenvalue weighted by atomic mass is 9.97. The van der Waals surface area contributed by atoms with Gasteiger partial charge in [-0.2, -0.15) is 11.8 Å². The van der Waals surface area contributed by atoms with E-state index in [1.54, 1.807) is 0 Å². The maximum absolute atomic E-state index is 6.21. The van der Waals surface area contributed by atoms with Gasteiger partial charge in [-0.1, -0.05) is 30.1 Å². The molecule has 1 aliphatic heterocycles. The average molecular weight is 262 g/mol. The van der Waals surface area contributed by atoms with Crippen LogP contribution in [0.5, 0.6) is 0 Å². The number of fused-ring (bicyclic) bond motifs is 1. The fraction of sp³-hybridized carbons (Fsp3) is 0.455. The van der Waals surface area contributed by atoms with Crippen LogP contribution in [-0.4, -0.2) is 5.25 Å². The van der Waals surface area contributed by atoms with Crippen LogP contribution in [0.3, 0.4) is 0 Å². The topological polar surface area (TPSA) is 26.0 Å². The minimum Gasteiger partial charge on any atom is -0.323 e. The van der Waals surface area contributed by atoms with Crippen molar-refractivity contribution in [1.29, 1.82) is 0 Å². The zero-order valence-corrected chi connectivity index (χ0v) is 10.8.